The SMILES string of the molecule is COP(C)OCCCCCCNC(=O)CCNC(=O)CSCCC(=O)NCCCOCC(O)COP(C)O. The smallest absolute Gasteiger partial charge is 0.230 e. The summed E-state index contributed by atoms with van der Waals surface area (Å²) < 4.78 is 20.8. The monoisotopic (exact) mass is 603 g/mol. The van der Waals surface area contributed by atoms with E-state index in [1.165, 1.54) is 18.4 Å². The second kappa shape index (κ2) is 26.6. The normalized spacial score (nSPS) is 13.5. The van der Waals surface area contributed by atoms with Gasteiger partial charge in [-0.1, -0.05) is 12.8 Å². The summed E-state index contributed by atoms with van der Waals surface area (Å²) in [5, 5.41) is 17.9. The summed E-state index contributed by atoms with van der Waals surface area (Å²) in [4.78, 5) is 44.6. The van der Waals surface area contributed by atoms with Crippen LogP contribution in [-0.2, 0) is 32.7 Å². The van der Waals surface area contributed by atoms with E-state index in [9.17, 15) is 19.5 Å². The highest BCUT2D eigenvalue weighted by Gasteiger charge is 2.08. The molecule has 0 spiro atoms. The second-order valence-corrected chi connectivity index (χ2v) is 12.1. The Kier molecular flexibility index (Phi) is 26.2. The molecule has 224 valence electrons. The number of thioether (sulfide) groups is 1. The van der Waals surface area contributed by atoms with Crippen LogP contribution in [0, 0.1) is 0 Å². The van der Waals surface area contributed by atoms with Crippen LogP contribution in [0.25, 0.3) is 0 Å². The minimum absolute atomic E-state index is 0.0221. The van der Waals surface area contributed by atoms with Gasteiger partial charge in [-0.2, -0.15) is 11.8 Å². The van der Waals surface area contributed by atoms with E-state index < -0.39 is 22.9 Å². The third kappa shape index (κ3) is 27.0. The van der Waals surface area contributed by atoms with Crippen LogP contribution in [0.15, 0.2) is 0 Å². The topological polar surface area (TPSA) is 165 Å². The number of aliphatic hydroxyl groups is 1. The molecule has 0 radical (unpaired) electrons. The molecule has 0 rings (SSSR count). The summed E-state index contributed by atoms with van der Waals surface area (Å²) >= 11 is 1.36. The molecule has 0 aliphatic heterocycles. The number of aliphatic hydroxyl groups excluding tert-OH is 1. The Bertz CT molecular complexity index is 625. The Morgan fingerprint density at radius 3 is 2.18 bits per heavy atom. The Hall–Kier alpha value is -0.620. The molecule has 0 heterocycles. The molecule has 0 aromatic rings. The number of hydrogen-bond donors (Lipinski definition) is 5. The summed E-state index contributed by atoms with van der Waals surface area (Å²) in [6.07, 6.45) is 4.30. The second-order valence-electron chi connectivity index (χ2n) is 8.31. The predicted molar refractivity (Wildman–Crippen MR) is 152 cm³/mol. The number of rotatable bonds is 26. The Labute approximate surface area is 233 Å². The highest BCUT2D eigenvalue weighted by atomic mass is 32.2. The van der Waals surface area contributed by atoms with E-state index in [-0.39, 0.29) is 49.7 Å². The van der Waals surface area contributed by atoms with Crippen molar-refractivity contribution in [3.05, 3.63) is 0 Å². The number of carbonyl (C=O) groups excluding carboxylic acids is 3. The lowest BCUT2D eigenvalue weighted by Crippen LogP contribution is -2.32. The summed E-state index contributed by atoms with van der Waals surface area (Å²) in [6.45, 7) is 6.03. The molecule has 0 aromatic carbocycles. The van der Waals surface area contributed by atoms with Gasteiger partial charge in [0.25, 0.3) is 0 Å². The van der Waals surface area contributed by atoms with Gasteiger partial charge in [-0.05, 0) is 19.3 Å². The van der Waals surface area contributed by atoms with Gasteiger partial charge < -0.3 is 44.3 Å². The third-order valence-corrected chi connectivity index (χ3v) is 7.40. The Morgan fingerprint density at radius 1 is 0.816 bits per heavy atom. The minimum Gasteiger partial charge on any atom is -0.388 e. The van der Waals surface area contributed by atoms with Gasteiger partial charge in [-0.3, -0.25) is 14.4 Å². The average molecular weight is 604 g/mol. The van der Waals surface area contributed by atoms with Gasteiger partial charge in [0.05, 0.1) is 25.6 Å². The first-order valence-corrected chi connectivity index (χ1v) is 17.3. The van der Waals surface area contributed by atoms with E-state index in [1.54, 1.807) is 7.11 Å². The fourth-order valence-electron chi connectivity index (χ4n) is 2.79. The molecule has 0 saturated heterocycles. The molecule has 0 bridgehead atoms. The largest absolute Gasteiger partial charge is 0.388 e. The highest BCUT2D eigenvalue weighted by molar-refractivity contribution is 7.99. The van der Waals surface area contributed by atoms with Crippen molar-refractivity contribution in [1.82, 2.24) is 16.0 Å². The third-order valence-electron chi connectivity index (χ3n) is 4.86. The van der Waals surface area contributed by atoms with Gasteiger partial charge in [0.1, 0.15) is 6.10 Å². The summed E-state index contributed by atoms with van der Waals surface area (Å²) in [6, 6.07) is 0. The number of hydrogen-bond acceptors (Lipinski definition) is 10. The fourth-order valence-corrected chi connectivity index (χ4v) is 4.43. The van der Waals surface area contributed by atoms with Gasteiger partial charge >= 0.3 is 0 Å². The number of ether oxygens (including phenoxy) is 1. The molecule has 12 nitrogen and oxygen atoms in total. The van der Waals surface area contributed by atoms with Gasteiger partial charge in [-0.15, -0.1) is 0 Å². The molecule has 0 aliphatic rings. The van der Waals surface area contributed by atoms with Crippen LogP contribution in [0.3, 0.4) is 0 Å². The number of nitrogens with one attached hydrogen (secondary N) is 3. The zero-order valence-corrected chi connectivity index (χ0v) is 25.6. The minimum atomic E-state index is -1.49. The van der Waals surface area contributed by atoms with E-state index in [0.29, 0.717) is 44.9 Å². The lowest BCUT2D eigenvalue weighted by molar-refractivity contribution is -0.122. The first-order chi connectivity index (χ1) is 18.2. The van der Waals surface area contributed by atoms with Gasteiger partial charge in [0.15, 0.2) is 16.8 Å². The molecule has 5 N–H and O–H groups in total. The molecule has 0 aromatic heterocycles. The van der Waals surface area contributed by atoms with Crippen LogP contribution in [0.5, 0.6) is 0 Å². The first-order valence-electron chi connectivity index (χ1n) is 12.8. The van der Waals surface area contributed by atoms with Gasteiger partial charge in [-0.25, -0.2) is 0 Å². The number of unbranched alkanes of at least 4 members (excludes halogenated alkanes) is 3. The van der Waals surface area contributed by atoms with E-state index in [0.717, 1.165) is 25.7 Å². The van der Waals surface area contributed by atoms with Crippen LogP contribution >= 0.6 is 28.5 Å². The van der Waals surface area contributed by atoms with Crippen LogP contribution in [0.2, 0.25) is 0 Å². The van der Waals surface area contributed by atoms with Gasteiger partial charge in [0, 0.05) is 65.3 Å². The van der Waals surface area contributed by atoms with Crippen molar-refractivity contribution >= 4 is 46.2 Å². The van der Waals surface area contributed by atoms with E-state index >= 15 is 0 Å². The fraction of sp³-hybridized carbons (Fsp3) is 0.870. The molecule has 3 unspecified atom stereocenters. The van der Waals surface area contributed by atoms with Crippen molar-refractivity contribution in [2.45, 2.75) is 51.0 Å². The zero-order chi connectivity index (χ0) is 28.4. The summed E-state index contributed by atoms with van der Waals surface area (Å²) in [7, 11) is -0.613. The van der Waals surface area contributed by atoms with E-state index in [4.69, 9.17) is 23.2 Å². The van der Waals surface area contributed by atoms with Crippen LogP contribution in [-0.4, -0.2) is 112 Å². The number of amides is 3. The lowest BCUT2D eigenvalue weighted by Gasteiger charge is -2.12. The van der Waals surface area contributed by atoms with Crippen molar-refractivity contribution in [3.8, 4) is 0 Å². The molecule has 0 aliphatic carbocycles. The quantitative estimate of drug-likeness (QED) is 0.0727. The molecule has 3 amide bonds. The maximum absolute atomic E-state index is 11.9. The predicted octanol–water partition coefficient (Wildman–Crippen LogP) is 1.73. The molecule has 0 fully saturated rings. The maximum Gasteiger partial charge on any atom is 0.230 e. The van der Waals surface area contributed by atoms with Crippen molar-refractivity contribution in [3.63, 3.8) is 0 Å². The maximum atomic E-state index is 11.9. The van der Waals surface area contributed by atoms with Crippen LogP contribution in [0.1, 0.15) is 44.9 Å². The molecule has 15 heteroatoms. The van der Waals surface area contributed by atoms with Crippen molar-refractivity contribution in [1.29, 1.82) is 0 Å². The molecule has 3 atom stereocenters. The van der Waals surface area contributed by atoms with E-state index in [2.05, 4.69) is 16.0 Å². The van der Waals surface area contributed by atoms with Crippen LogP contribution in [0.4, 0.5) is 0 Å². The first kappa shape index (κ1) is 37.4. The highest BCUT2D eigenvalue weighted by Crippen LogP contribution is 2.31. The zero-order valence-electron chi connectivity index (χ0n) is 22.9. The molecular weight excluding hydrogens is 556 g/mol. The lowest BCUT2D eigenvalue weighted by atomic mass is 10.2. The Balaban J connectivity index is 3.49. The summed E-state index contributed by atoms with van der Waals surface area (Å²) in [5.74, 6) is 0.415. The van der Waals surface area contributed by atoms with E-state index in [1.807, 2.05) is 6.66 Å². The van der Waals surface area contributed by atoms with Crippen molar-refractivity contribution < 1.29 is 42.7 Å². The molecular formula is C23H47N3O9P2S. The standard InChI is InChI=1S/C23H47N3O9P2S/c1-32-37(3)34-15-7-5-4-6-11-24-21(28)9-13-26-23(30)19-38-16-10-22(29)25-12-8-14-33-17-20(27)18-35-36(2)31/h20,27,31H,4-19H2,1-3H3,(H,24,28)(H,25,29)(H,26,30). The molecule has 0 saturated carbocycles. The van der Waals surface area contributed by atoms with Crippen LogP contribution < -0.4 is 16.0 Å². The Morgan fingerprint density at radius 2 is 1.47 bits per heavy atom. The van der Waals surface area contributed by atoms with Crippen molar-refractivity contribution in [2.75, 3.05) is 78.0 Å². The average Bonchev–Trinajstić information content (AvgIpc) is 2.88. The summed E-state index contributed by atoms with van der Waals surface area (Å²) in [5.41, 5.74) is 0. The van der Waals surface area contributed by atoms with Crippen molar-refractivity contribution in [2.24, 2.45) is 0 Å². The number of carbonyl (C=O) groups is 3. The van der Waals surface area contributed by atoms with Gasteiger partial charge in [0.2, 0.25) is 17.7 Å². The molecule has 38 heavy (non-hydrogen) atoms.